The van der Waals surface area contributed by atoms with Crippen LogP contribution in [0.2, 0.25) is 0 Å². The minimum atomic E-state index is 0.266. The molecule has 0 aromatic heterocycles. The molecule has 0 heterocycles. The van der Waals surface area contributed by atoms with Crippen LogP contribution in [0.3, 0.4) is 0 Å². The zero-order valence-electron chi connectivity index (χ0n) is 7.07. The summed E-state index contributed by atoms with van der Waals surface area (Å²) < 4.78 is 0. The highest BCUT2D eigenvalue weighted by Crippen LogP contribution is 2.55. The van der Waals surface area contributed by atoms with E-state index in [4.69, 9.17) is 0 Å². The molecule has 1 fully saturated rings. The Bertz CT molecular complexity index is 407. The highest BCUT2D eigenvalue weighted by Gasteiger charge is 2.44. The highest BCUT2D eigenvalue weighted by molar-refractivity contribution is 5.64. The summed E-state index contributed by atoms with van der Waals surface area (Å²) >= 11 is 0. The fraction of sp³-hybridized carbons (Fsp3) is 0.273. The van der Waals surface area contributed by atoms with E-state index in [2.05, 4.69) is 0 Å². The zero-order chi connectivity index (χ0) is 9.00. The third-order valence-electron chi connectivity index (χ3n) is 2.94. The molecule has 2 aliphatic carbocycles. The summed E-state index contributed by atoms with van der Waals surface area (Å²) in [7, 11) is 0. The number of hydrogen-bond donors (Lipinski definition) is 2. The quantitative estimate of drug-likeness (QED) is 0.634. The molecule has 0 aliphatic heterocycles. The van der Waals surface area contributed by atoms with E-state index in [1.165, 1.54) is 5.56 Å². The lowest BCUT2D eigenvalue weighted by molar-refractivity contribution is 0.380. The number of hydrogen-bond acceptors (Lipinski definition) is 2. The van der Waals surface area contributed by atoms with Gasteiger partial charge in [0.1, 0.15) is 5.75 Å². The topological polar surface area (TPSA) is 40.5 Å². The standard InChI is InChI=1S/C11H10O2/c12-7-1-2-8-6(3-7)4-11(13)10-5-9(8)10/h1-4,9-10,12-13H,5H2. The van der Waals surface area contributed by atoms with Crippen molar-refractivity contribution in [1.82, 2.24) is 0 Å². The number of allylic oxidation sites excluding steroid dienone is 1. The minimum Gasteiger partial charge on any atom is -0.512 e. The Morgan fingerprint density at radius 2 is 2.00 bits per heavy atom. The van der Waals surface area contributed by atoms with Gasteiger partial charge in [-0.2, -0.15) is 0 Å². The van der Waals surface area contributed by atoms with Crippen molar-refractivity contribution in [1.29, 1.82) is 0 Å². The molecule has 1 aromatic rings. The third kappa shape index (κ3) is 0.886. The van der Waals surface area contributed by atoms with Crippen molar-refractivity contribution in [3.63, 3.8) is 0 Å². The number of aliphatic hydroxyl groups is 1. The van der Waals surface area contributed by atoms with Crippen molar-refractivity contribution >= 4 is 6.08 Å². The Morgan fingerprint density at radius 3 is 2.85 bits per heavy atom. The first-order valence-corrected chi connectivity index (χ1v) is 4.49. The number of phenols is 1. The number of benzene rings is 1. The van der Waals surface area contributed by atoms with E-state index in [0.29, 0.717) is 17.6 Å². The fourth-order valence-corrected chi connectivity index (χ4v) is 2.16. The van der Waals surface area contributed by atoms with E-state index >= 15 is 0 Å². The van der Waals surface area contributed by atoms with Crippen LogP contribution in [0.15, 0.2) is 24.0 Å². The molecule has 0 amide bonds. The largest absolute Gasteiger partial charge is 0.512 e. The van der Waals surface area contributed by atoms with Gasteiger partial charge >= 0.3 is 0 Å². The number of rotatable bonds is 0. The van der Waals surface area contributed by atoms with Gasteiger partial charge in [-0.15, -0.1) is 0 Å². The molecule has 0 radical (unpaired) electrons. The molecule has 66 valence electrons. The normalized spacial score (nSPS) is 28.8. The summed E-state index contributed by atoms with van der Waals surface area (Å²) in [6, 6.07) is 5.38. The van der Waals surface area contributed by atoms with Crippen LogP contribution in [0, 0.1) is 5.92 Å². The van der Waals surface area contributed by atoms with Gasteiger partial charge in [0.05, 0.1) is 5.76 Å². The number of fused-ring (bicyclic) bond motifs is 3. The van der Waals surface area contributed by atoms with Gasteiger partial charge < -0.3 is 10.2 Å². The van der Waals surface area contributed by atoms with Crippen LogP contribution in [-0.2, 0) is 0 Å². The van der Waals surface area contributed by atoms with Crippen LogP contribution in [0.25, 0.3) is 6.08 Å². The van der Waals surface area contributed by atoms with Gasteiger partial charge in [0.15, 0.2) is 0 Å². The van der Waals surface area contributed by atoms with Crippen molar-refractivity contribution in [2.45, 2.75) is 12.3 Å². The molecule has 3 rings (SSSR count). The van der Waals surface area contributed by atoms with Crippen molar-refractivity contribution in [3.05, 3.63) is 35.1 Å². The van der Waals surface area contributed by atoms with Gasteiger partial charge in [-0.3, -0.25) is 0 Å². The summed E-state index contributed by atoms with van der Waals surface area (Å²) in [5.74, 6) is 1.60. The molecule has 13 heavy (non-hydrogen) atoms. The van der Waals surface area contributed by atoms with Gasteiger partial charge in [-0.05, 0) is 41.7 Å². The van der Waals surface area contributed by atoms with E-state index in [0.717, 1.165) is 12.0 Å². The minimum absolute atomic E-state index is 0.266. The molecule has 2 unspecified atom stereocenters. The van der Waals surface area contributed by atoms with Crippen molar-refractivity contribution in [2.24, 2.45) is 5.92 Å². The van der Waals surface area contributed by atoms with Gasteiger partial charge in [-0.1, -0.05) is 6.07 Å². The van der Waals surface area contributed by atoms with Crippen LogP contribution >= 0.6 is 0 Å². The van der Waals surface area contributed by atoms with Crippen molar-refractivity contribution < 1.29 is 10.2 Å². The molecule has 1 saturated carbocycles. The maximum absolute atomic E-state index is 9.54. The maximum atomic E-state index is 9.54. The Morgan fingerprint density at radius 1 is 1.15 bits per heavy atom. The van der Waals surface area contributed by atoms with Crippen molar-refractivity contribution in [2.75, 3.05) is 0 Å². The number of aliphatic hydroxyl groups excluding tert-OH is 1. The van der Waals surface area contributed by atoms with Gasteiger partial charge in [0.25, 0.3) is 0 Å². The molecular weight excluding hydrogens is 164 g/mol. The maximum Gasteiger partial charge on any atom is 0.116 e. The molecule has 0 saturated heterocycles. The number of aromatic hydroxyl groups is 1. The van der Waals surface area contributed by atoms with Crippen LogP contribution in [-0.4, -0.2) is 10.2 Å². The highest BCUT2D eigenvalue weighted by atomic mass is 16.3. The van der Waals surface area contributed by atoms with Crippen LogP contribution in [0.5, 0.6) is 5.75 Å². The Balaban J connectivity index is 2.21. The Kier molecular flexibility index (Phi) is 1.12. The van der Waals surface area contributed by atoms with E-state index in [1.807, 2.05) is 6.07 Å². The van der Waals surface area contributed by atoms with E-state index in [1.54, 1.807) is 18.2 Å². The lowest BCUT2D eigenvalue weighted by Crippen LogP contribution is -1.97. The van der Waals surface area contributed by atoms with Gasteiger partial charge in [-0.25, -0.2) is 0 Å². The number of phenolic OH excluding ortho intramolecular Hbond substituents is 1. The SMILES string of the molecule is OC1=Cc2cc(O)ccc2C2CC12. The average molecular weight is 174 g/mol. The summed E-state index contributed by atoms with van der Waals surface area (Å²) in [5.41, 5.74) is 2.23. The van der Waals surface area contributed by atoms with E-state index in [-0.39, 0.29) is 5.75 Å². The van der Waals surface area contributed by atoms with Gasteiger partial charge in [0.2, 0.25) is 0 Å². The molecule has 2 atom stereocenters. The first-order valence-electron chi connectivity index (χ1n) is 4.49. The molecule has 0 bridgehead atoms. The lowest BCUT2D eigenvalue weighted by Gasteiger charge is -2.11. The van der Waals surface area contributed by atoms with Crippen LogP contribution in [0.1, 0.15) is 23.5 Å². The molecule has 2 aliphatic rings. The van der Waals surface area contributed by atoms with Crippen LogP contribution < -0.4 is 0 Å². The smallest absolute Gasteiger partial charge is 0.116 e. The molecule has 0 spiro atoms. The summed E-state index contributed by atoms with van der Waals surface area (Å²) in [6.07, 6.45) is 2.82. The molecule has 2 nitrogen and oxygen atoms in total. The predicted octanol–water partition coefficient (Wildman–Crippen LogP) is 2.41. The second-order valence-corrected chi connectivity index (χ2v) is 3.83. The Hall–Kier alpha value is -1.44. The van der Waals surface area contributed by atoms with Crippen molar-refractivity contribution in [3.8, 4) is 5.75 Å². The summed E-state index contributed by atoms with van der Waals surface area (Å²) in [4.78, 5) is 0. The first kappa shape index (κ1) is 7.01. The molecular formula is C11H10O2. The van der Waals surface area contributed by atoms with Crippen LogP contribution in [0.4, 0.5) is 0 Å². The second-order valence-electron chi connectivity index (χ2n) is 3.83. The first-order chi connectivity index (χ1) is 6.25. The second kappa shape index (κ2) is 2.08. The monoisotopic (exact) mass is 174 g/mol. The lowest BCUT2D eigenvalue weighted by atomic mass is 9.96. The van der Waals surface area contributed by atoms with E-state index in [9.17, 15) is 10.2 Å². The van der Waals surface area contributed by atoms with Gasteiger partial charge in [0, 0.05) is 5.92 Å². The molecule has 2 N–H and O–H groups in total. The molecule has 2 heteroatoms. The predicted molar refractivity (Wildman–Crippen MR) is 49.6 cm³/mol. The zero-order valence-corrected chi connectivity index (χ0v) is 7.07. The van der Waals surface area contributed by atoms with E-state index < -0.39 is 0 Å². The summed E-state index contributed by atoms with van der Waals surface area (Å²) in [5, 5.41) is 18.8. The average Bonchev–Trinajstić information content (AvgIpc) is 2.83. The third-order valence-corrected chi connectivity index (χ3v) is 2.94. The fourth-order valence-electron chi connectivity index (χ4n) is 2.16. The Labute approximate surface area is 76.1 Å². The summed E-state index contributed by atoms with van der Waals surface area (Å²) in [6.45, 7) is 0. The molecule has 1 aromatic carbocycles.